The molecule has 22 heavy (non-hydrogen) atoms. The molecule has 6 heteroatoms. The van der Waals surface area contributed by atoms with Crippen molar-refractivity contribution in [3.63, 3.8) is 0 Å². The van der Waals surface area contributed by atoms with Gasteiger partial charge in [0.05, 0.1) is 12.2 Å². The van der Waals surface area contributed by atoms with Crippen LogP contribution < -0.4 is 5.56 Å². The van der Waals surface area contributed by atoms with E-state index in [-0.39, 0.29) is 22.4 Å². The lowest BCUT2D eigenvalue weighted by atomic mass is 10.1. The first-order chi connectivity index (χ1) is 10.5. The third-order valence-electron chi connectivity index (χ3n) is 3.31. The Hall–Kier alpha value is -1.83. The summed E-state index contributed by atoms with van der Waals surface area (Å²) in [6.45, 7) is 4.02. The predicted octanol–water partition coefficient (Wildman–Crippen LogP) is 3.37. The second kappa shape index (κ2) is 6.95. The minimum absolute atomic E-state index is 0.119. The second-order valence-electron chi connectivity index (χ2n) is 4.66. The number of pyridine rings is 1. The number of halogens is 2. The number of aromatic nitrogens is 3. The highest BCUT2D eigenvalue weighted by Crippen LogP contribution is 2.24. The molecule has 0 fully saturated rings. The van der Waals surface area contributed by atoms with Crippen LogP contribution >= 0.6 is 23.2 Å². The third kappa shape index (κ3) is 3.16. The molecule has 0 spiro atoms. The molecule has 0 aliphatic rings. The van der Waals surface area contributed by atoms with E-state index in [2.05, 4.69) is 15.9 Å². The Morgan fingerprint density at radius 3 is 2.32 bits per heavy atom. The average Bonchev–Trinajstić information content (AvgIpc) is 2.47. The van der Waals surface area contributed by atoms with Gasteiger partial charge in [0.2, 0.25) is 0 Å². The van der Waals surface area contributed by atoms with E-state index in [1.807, 2.05) is 13.8 Å². The highest BCUT2D eigenvalue weighted by atomic mass is 35.5. The first kappa shape index (κ1) is 16.5. The van der Waals surface area contributed by atoms with E-state index in [9.17, 15) is 4.79 Å². The van der Waals surface area contributed by atoms with Crippen LogP contribution in [0.15, 0.2) is 16.9 Å². The number of hydrogen-bond donors (Lipinski definition) is 0. The Balaban J connectivity index is 2.81. The molecule has 0 bridgehead atoms. The molecule has 0 unspecified atom stereocenters. The SMILES string of the molecule is C#CCn1c(-c2cc(Cl)nc(Cl)c2)nc(CC)c(CC)c1=O. The van der Waals surface area contributed by atoms with Gasteiger partial charge in [0, 0.05) is 11.1 Å². The molecule has 2 aromatic rings. The Morgan fingerprint density at radius 2 is 1.82 bits per heavy atom. The van der Waals surface area contributed by atoms with Crippen molar-refractivity contribution in [1.29, 1.82) is 0 Å². The first-order valence-corrected chi connectivity index (χ1v) is 7.66. The van der Waals surface area contributed by atoms with Gasteiger partial charge in [0.15, 0.2) is 0 Å². The van der Waals surface area contributed by atoms with Gasteiger partial charge in [0.25, 0.3) is 5.56 Å². The summed E-state index contributed by atoms with van der Waals surface area (Å²) in [5, 5.41) is 0.475. The van der Waals surface area contributed by atoms with Crippen molar-refractivity contribution in [3.05, 3.63) is 44.1 Å². The maximum absolute atomic E-state index is 12.7. The van der Waals surface area contributed by atoms with E-state index in [1.54, 1.807) is 12.1 Å². The molecule has 4 nitrogen and oxygen atoms in total. The number of nitrogens with zero attached hydrogens (tertiary/aromatic N) is 3. The van der Waals surface area contributed by atoms with Gasteiger partial charge in [-0.3, -0.25) is 9.36 Å². The normalized spacial score (nSPS) is 10.5. The van der Waals surface area contributed by atoms with Crippen molar-refractivity contribution >= 4 is 23.2 Å². The molecule has 0 aliphatic heterocycles. The Bertz CT molecular complexity index is 786. The van der Waals surface area contributed by atoms with Gasteiger partial charge in [-0.25, -0.2) is 9.97 Å². The standard InChI is InChI=1S/C16H15Cl2N3O/c1-4-7-21-15(10-8-13(17)20-14(18)9-10)19-12(6-3)11(5-2)16(21)22/h1,8-9H,5-7H2,2-3H3. The summed E-state index contributed by atoms with van der Waals surface area (Å²) in [4.78, 5) is 21.2. The van der Waals surface area contributed by atoms with Crippen molar-refractivity contribution in [2.24, 2.45) is 0 Å². The van der Waals surface area contributed by atoms with E-state index in [4.69, 9.17) is 29.6 Å². The first-order valence-electron chi connectivity index (χ1n) is 6.91. The fraction of sp³-hybridized carbons (Fsp3) is 0.312. The second-order valence-corrected chi connectivity index (χ2v) is 5.44. The van der Waals surface area contributed by atoms with Crippen LogP contribution in [0, 0.1) is 12.3 Å². The summed E-state index contributed by atoms with van der Waals surface area (Å²) in [5.41, 5.74) is 1.95. The van der Waals surface area contributed by atoms with Crippen LogP contribution in [-0.4, -0.2) is 14.5 Å². The van der Waals surface area contributed by atoms with E-state index >= 15 is 0 Å². The smallest absolute Gasteiger partial charge is 0.258 e. The molecule has 0 amide bonds. The molecular weight excluding hydrogens is 321 g/mol. The van der Waals surface area contributed by atoms with Crippen molar-refractivity contribution in [3.8, 4) is 23.7 Å². The lowest BCUT2D eigenvalue weighted by Crippen LogP contribution is -2.28. The quantitative estimate of drug-likeness (QED) is 0.635. The predicted molar refractivity (Wildman–Crippen MR) is 89.3 cm³/mol. The number of terminal acetylenes is 1. The maximum Gasteiger partial charge on any atom is 0.258 e. The largest absolute Gasteiger partial charge is 0.281 e. The summed E-state index contributed by atoms with van der Waals surface area (Å²) in [5.74, 6) is 2.96. The molecule has 2 rings (SSSR count). The van der Waals surface area contributed by atoms with Gasteiger partial charge in [-0.15, -0.1) is 6.42 Å². The molecular formula is C16H15Cl2N3O. The van der Waals surface area contributed by atoms with Crippen LogP contribution in [0.25, 0.3) is 11.4 Å². The summed E-state index contributed by atoms with van der Waals surface area (Å²) in [6, 6.07) is 3.24. The summed E-state index contributed by atoms with van der Waals surface area (Å²) < 4.78 is 1.47. The molecule has 0 aromatic carbocycles. The van der Waals surface area contributed by atoms with Crippen LogP contribution in [0.5, 0.6) is 0 Å². The average molecular weight is 336 g/mol. The van der Waals surface area contributed by atoms with Gasteiger partial charge < -0.3 is 0 Å². The Morgan fingerprint density at radius 1 is 1.18 bits per heavy atom. The molecule has 0 atom stereocenters. The lowest BCUT2D eigenvalue weighted by molar-refractivity contribution is 0.743. The Labute approximate surface area is 139 Å². The van der Waals surface area contributed by atoms with E-state index in [1.165, 1.54) is 4.57 Å². The zero-order chi connectivity index (χ0) is 16.3. The van der Waals surface area contributed by atoms with Crippen LogP contribution in [0.4, 0.5) is 0 Å². The third-order valence-corrected chi connectivity index (χ3v) is 3.69. The summed E-state index contributed by atoms with van der Waals surface area (Å²) in [7, 11) is 0. The van der Waals surface area contributed by atoms with E-state index in [0.29, 0.717) is 29.8 Å². The van der Waals surface area contributed by atoms with Gasteiger partial charge in [-0.05, 0) is 25.0 Å². The molecule has 0 saturated carbocycles. The number of aryl methyl sites for hydroxylation is 1. The molecule has 0 saturated heterocycles. The van der Waals surface area contributed by atoms with Crippen LogP contribution in [-0.2, 0) is 19.4 Å². The van der Waals surface area contributed by atoms with E-state index < -0.39 is 0 Å². The minimum atomic E-state index is -0.119. The molecule has 0 radical (unpaired) electrons. The van der Waals surface area contributed by atoms with Crippen LogP contribution in [0.3, 0.4) is 0 Å². The van der Waals surface area contributed by atoms with Crippen molar-refractivity contribution in [2.45, 2.75) is 33.2 Å². The fourth-order valence-electron chi connectivity index (χ4n) is 2.34. The number of rotatable bonds is 4. The molecule has 114 valence electrons. The summed E-state index contributed by atoms with van der Waals surface area (Å²) in [6.07, 6.45) is 6.67. The fourth-order valence-corrected chi connectivity index (χ4v) is 2.80. The van der Waals surface area contributed by atoms with Gasteiger partial charge in [-0.1, -0.05) is 43.0 Å². The molecule has 0 N–H and O–H groups in total. The zero-order valence-corrected chi connectivity index (χ0v) is 13.9. The van der Waals surface area contributed by atoms with Gasteiger partial charge in [0.1, 0.15) is 16.1 Å². The van der Waals surface area contributed by atoms with Crippen molar-refractivity contribution < 1.29 is 0 Å². The lowest BCUT2D eigenvalue weighted by Gasteiger charge is -2.14. The Kier molecular flexibility index (Phi) is 5.23. The topological polar surface area (TPSA) is 47.8 Å². The monoisotopic (exact) mass is 335 g/mol. The van der Waals surface area contributed by atoms with Crippen molar-refractivity contribution in [2.75, 3.05) is 0 Å². The van der Waals surface area contributed by atoms with Gasteiger partial charge >= 0.3 is 0 Å². The minimum Gasteiger partial charge on any atom is -0.281 e. The molecule has 2 heterocycles. The molecule has 0 aliphatic carbocycles. The van der Waals surface area contributed by atoms with Crippen molar-refractivity contribution in [1.82, 2.24) is 14.5 Å². The maximum atomic E-state index is 12.7. The zero-order valence-electron chi connectivity index (χ0n) is 12.4. The van der Waals surface area contributed by atoms with Crippen LogP contribution in [0.1, 0.15) is 25.1 Å². The van der Waals surface area contributed by atoms with E-state index in [0.717, 1.165) is 5.69 Å². The van der Waals surface area contributed by atoms with Gasteiger partial charge in [-0.2, -0.15) is 0 Å². The highest BCUT2D eigenvalue weighted by Gasteiger charge is 2.16. The highest BCUT2D eigenvalue weighted by molar-refractivity contribution is 6.32. The number of hydrogen-bond acceptors (Lipinski definition) is 3. The van der Waals surface area contributed by atoms with Crippen LogP contribution in [0.2, 0.25) is 10.3 Å². The summed E-state index contributed by atoms with van der Waals surface area (Å²) >= 11 is 11.9. The molecule has 2 aromatic heterocycles.